The Morgan fingerprint density at radius 1 is 1.31 bits per heavy atom. The molecule has 0 aliphatic carbocycles. The Bertz CT molecular complexity index is 601. The molecule has 5 nitrogen and oxygen atoms in total. The predicted octanol–water partition coefficient (Wildman–Crippen LogP) is 0.667. The van der Waals surface area contributed by atoms with Gasteiger partial charge in [-0.3, -0.25) is 0 Å². The Morgan fingerprint density at radius 3 is 2.62 bits per heavy atom. The lowest BCUT2D eigenvalue weighted by Gasteiger charge is -2.09. The molecule has 0 amide bonds. The van der Waals surface area contributed by atoms with Gasteiger partial charge in [-0.05, 0) is 18.6 Å². The van der Waals surface area contributed by atoms with Crippen LogP contribution in [-0.2, 0) is 0 Å². The van der Waals surface area contributed by atoms with Crippen molar-refractivity contribution in [3.63, 3.8) is 0 Å². The van der Waals surface area contributed by atoms with Crippen LogP contribution in [0.15, 0.2) is 27.4 Å². The van der Waals surface area contributed by atoms with Crippen LogP contribution in [-0.4, -0.2) is 10.2 Å². The molecule has 2 aromatic rings. The molecule has 0 atom stereocenters. The van der Waals surface area contributed by atoms with E-state index in [2.05, 4.69) is 0 Å². The fraction of sp³-hybridized carbons (Fsp3) is 0.182. The van der Waals surface area contributed by atoms with Crippen molar-refractivity contribution in [1.82, 2.24) is 0 Å². The highest BCUT2D eigenvalue weighted by Gasteiger charge is 2.11. The average molecular weight is 221 g/mol. The van der Waals surface area contributed by atoms with Crippen LogP contribution in [0, 0.1) is 6.92 Å². The van der Waals surface area contributed by atoms with Crippen LogP contribution < -0.4 is 11.4 Å². The second-order valence-corrected chi connectivity index (χ2v) is 3.60. The number of aliphatic hydroxyl groups excluding tert-OH is 1. The van der Waals surface area contributed by atoms with Gasteiger partial charge in [0.15, 0.2) is 6.29 Å². The molecule has 2 rings (SSSR count). The Morgan fingerprint density at radius 2 is 2.00 bits per heavy atom. The first-order valence-electron chi connectivity index (χ1n) is 4.69. The number of hydrogen-bond donors (Lipinski definition) is 3. The van der Waals surface area contributed by atoms with Gasteiger partial charge in [-0.25, -0.2) is 4.79 Å². The standard InChI is InChI=1S/C11H11NO4/c1-5-2-10(13)16-9-4-8(12)7(11(14)15)3-6(5)9/h2-4,11,14-15H,12H2,1H3. The van der Waals surface area contributed by atoms with Gasteiger partial charge in [0.25, 0.3) is 0 Å². The highest BCUT2D eigenvalue weighted by Crippen LogP contribution is 2.26. The van der Waals surface area contributed by atoms with E-state index in [0.717, 1.165) is 0 Å². The first-order chi connectivity index (χ1) is 7.49. The Hall–Kier alpha value is -1.85. The van der Waals surface area contributed by atoms with Crippen LogP contribution in [0.3, 0.4) is 0 Å². The zero-order valence-corrected chi connectivity index (χ0v) is 8.60. The maximum absolute atomic E-state index is 11.1. The van der Waals surface area contributed by atoms with E-state index in [-0.39, 0.29) is 11.3 Å². The highest BCUT2D eigenvalue weighted by molar-refractivity contribution is 5.84. The number of hydrogen-bond acceptors (Lipinski definition) is 5. The van der Waals surface area contributed by atoms with Gasteiger partial charge < -0.3 is 20.4 Å². The second-order valence-electron chi connectivity index (χ2n) is 3.60. The van der Waals surface area contributed by atoms with Gasteiger partial charge in [-0.15, -0.1) is 0 Å². The van der Waals surface area contributed by atoms with E-state index < -0.39 is 11.9 Å². The van der Waals surface area contributed by atoms with Gasteiger partial charge in [0.2, 0.25) is 0 Å². The molecule has 1 heterocycles. The molecule has 5 heteroatoms. The third kappa shape index (κ3) is 1.66. The second kappa shape index (κ2) is 3.62. The Kier molecular flexibility index (Phi) is 2.41. The molecule has 0 radical (unpaired) electrons. The Labute approximate surface area is 90.7 Å². The number of nitrogens with two attached hydrogens (primary N) is 1. The van der Waals surface area contributed by atoms with Crippen LogP contribution in [0.1, 0.15) is 17.4 Å². The van der Waals surface area contributed by atoms with Gasteiger partial charge in [0.1, 0.15) is 5.58 Å². The summed E-state index contributed by atoms with van der Waals surface area (Å²) in [5.74, 6) is 0. The minimum Gasteiger partial charge on any atom is -0.423 e. The number of anilines is 1. The molecule has 1 aromatic carbocycles. The summed E-state index contributed by atoms with van der Waals surface area (Å²) in [7, 11) is 0. The van der Waals surface area contributed by atoms with Crippen LogP contribution >= 0.6 is 0 Å². The quantitative estimate of drug-likeness (QED) is 0.373. The fourth-order valence-corrected chi connectivity index (χ4v) is 1.62. The van der Waals surface area contributed by atoms with E-state index in [4.69, 9.17) is 20.4 Å². The molecule has 0 fully saturated rings. The molecule has 0 saturated carbocycles. The van der Waals surface area contributed by atoms with E-state index >= 15 is 0 Å². The van der Waals surface area contributed by atoms with Crippen LogP contribution in [0.4, 0.5) is 5.69 Å². The van der Waals surface area contributed by atoms with Crippen molar-refractivity contribution >= 4 is 16.7 Å². The van der Waals surface area contributed by atoms with E-state index in [1.807, 2.05) is 0 Å². The molecule has 4 N–H and O–H groups in total. The molecule has 16 heavy (non-hydrogen) atoms. The third-order valence-electron chi connectivity index (χ3n) is 2.43. The Balaban J connectivity index is 2.84. The fourth-order valence-electron chi connectivity index (χ4n) is 1.62. The molecule has 0 bridgehead atoms. The van der Waals surface area contributed by atoms with Crippen molar-refractivity contribution in [2.24, 2.45) is 0 Å². The third-order valence-corrected chi connectivity index (χ3v) is 2.43. The molecular formula is C11H11NO4. The highest BCUT2D eigenvalue weighted by atomic mass is 16.5. The molecule has 1 aromatic heterocycles. The summed E-state index contributed by atoms with van der Waals surface area (Å²) in [6, 6.07) is 4.26. The van der Waals surface area contributed by atoms with Crippen molar-refractivity contribution in [3.05, 3.63) is 39.7 Å². The first-order valence-corrected chi connectivity index (χ1v) is 4.69. The maximum Gasteiger partial charge on any atom is 0.336 e. The molecule has 84 valence electrons. The van der Waals surface area contributed by atoms with Gasteiger partial charge >= 0.3 is 5.63 Å². The molecule has 0 saturated heterocycles. The first kappa shape index (κ1) is 10.7. The smallest absolute Gasteiger partial charge is 0.336 e. The molecular weight excluding hydrogens is 210 g/mol. The number of rotatable bonds is 1. The van der Waals surface area contributed by atoms with Crippen molar-refractivity contribution in [3.8, 4) is 0 Å². The number of aryl methyl sites for hydroxylation is 1. The molecule has 0 spiro atoms. The number of benzene rings is 1. The summed E-state index contributed by atoms with van der Waals surface area (Å²) in [6.07, 6.45) is -1.64. The average Bonchev–Trinajstić information content (AvgIpc) is 2.15. The predicted molar refractivity (Wildman–Crippen MR) is 58.8 cm³/mol. The summed E-state index contributed by atoms with van der Waals surface area (Å²) in [6.45, 7) is 1.74. The van der Waals surface area contributed by atoms with Crippen molar-refractivity contribution in [2.45, 2.75) is 13.2 Å². The molecule has 0 aliphatic heterocycles. The zero-order valence-electron chi connectivity index (χ0n) is 8.60. The van der Waals surface area contributed by atoms with E-state index in [0.29, 0.717) is 16.5 Å². The largest absolute Gasteiger partial charge is 0.423 e. The molecule has 0 aliphatic rings. The summed E-state index contributed by atoms with van der Waals surface area (Å²) < 4.78 is 4.96. The summed E-state index contributed by atoms with van der Waals surface area (Å²) in [5, 5.41) is 18.8. The lowest BCUT2D eigenvalue weighted by Crippen LogP contribution is -2.03. The summed E-state index contributed by atoms with van der Waals surface area (Å²) in [4.78, 5) is 11.1. The van der Waals surface area contributed by atoms with Crippen molar-refractivity contribution in [2.75, 3.05) is 5.73 Å². The van der Waals surface area contributed by atoms with Crippen molar-refractivity contribution < 1.29 is 14.6 Å². The van der Waals surface area contributed by atoms with Gasteiger partial charge in [-0.2, -0.15) is 0 Å². The maximum atomic E-state index is 11.1. The van der Waals surface area contributed by atoms with E-state index in [1.165, 1.54) is 18.2 Å². The van der Waals surface area contributed by atoms with Crippen LogP contribution in [0.25, 0.3) is 11.0 Å². The zero-order chi connectivity index (χ0) is 11.9. The van der Waals surface area contributed by atoms with E-state index in [9.17, 15) is 4.79 Å². The minimum atomic E-state index is -1.64. The van der Waals surface area contributed by atoms with Crippen LogP contribution in [0.2, 0.25) is 0 Å². The number of nitrogen functional groups attached to an aromatic ring is 1. The van der Waals surface area contributed by atoms with Crippen molar-refractivity contribution in [1.29, 1.82) is 0 Å². The topological polar surface area (TPSA) is 96.7 Å². The monoisotopic (exact) mass is 221 g/mol. The van der Waals surface area contributed by atoms with E-state index in [1.54, 1.807) is 6.92 Å². The van der Waals surface area contributed by atoms with Gasteiger partial charge in [0.05, 0.1) is 0 Å². The van der Waals surface area contributed by atoms with Gasteiger partial charge in [-0.1, -0.05) is 0 Å². The molecule has 0 unspecified atom stereocenters. The lowest BCUT2D eigenvalue weighted by atomic mass is 10.1. The minimum absolute atomic E-state index is 0.177. The number of aliphatic hydroxyl groups is 2. The van der Waals surface area contributed by atoms with Crippen LogP contribution in [0.5, 0.6) is 0 Å². The SMILES string of the molecule is Cc1cc(=O)oc2cc(N)c(C(O)O)cc12. The van der Waals surface area contributed by atoms with Gasteiger partial charge in [0, 0.05) is 28.8 Å². The summed E-state index contributed by atoms with van der Waals surface area (Å²) >= 11 is 0. The summed E-state index contributed by atoms with van der Waals surface area (Å²) in [5.41, 5.74) is 6.57. The normalized spacial score (nSPS) is 11.2. The number of fused-ring (bicyclic) bond motifs is 1. The lowest BCUT2D eigenvalue weighted by molar-refractivity contribution is -0.0417.